The van der Waals surface area contributed by atoms with Crippen molar-refractivity contribution in [3.63, 3.8) is 0 Å². The second-order valence-electron chi connectivity index (χ2n) is 28.7. The lowest BCUT2D eigenvalue weighted by molar-refractivity contribution is 0.667. The molecule has 16 aromatic carbocycles. The number of hydrogen-bond acceptors (Lipinski definition) is 10. The number of aromatic nitrogens is 8. The minimum absolute atomic E-state index is 0.562. The summed E-state index contributed by atoms with van der Waals surface area (Å²) in [5, 5.41) is 14.6. The molecule has 0 N–H and O–H groups in total. The average molecular weight is 1510 g/mol. The second kappa shape index (κ2) is 26.7. The highest BCUT2D eigenvalue weighted by Gasteiger charge is 2.26. The van der Waals surface area contributed by atoms with Crippen LogP contribution < -0.4 is 0 Å². The molecule has 0 unspecified atom stereocenters. The third kappa shape index (κ3) is 10.7. The van der Waals surface area contributed by atoms with Crippen molar-refractivity contribution >= 4 is 160 Å². The van der Waals surface area contributed by atoms with Crippen LogP contribution in [0.25, 0.3) is 228 Å². The summed E-state index contributed by atoms with van der Waals surface area (Å²) in [6.07, 6.45) is 0. The molecule has 24 aromatic rings. The normalized spacial score (nSPS) is 11.9. The van der Waals surface area contributed by atoms with Crippen molar-refractivity contribution in [1.82, 2.24) is 39.0 Å². The van der Waals surface area contributed by atoms with E-state index in [9.17, 15) is 0 Å². The first-order chi connectivity index (χ1) is 56.5. The summed E-state index contributed by atoms with van der Waals surface area (Å²) in [5.41, 5.74) is 18.8. The molecule has 0 radical (unpaired) electrons. The van der Waals surface area contributed by atoms with Gasteiger partial charge in [-0.15, -0.1) is 34.0 Å². The van der Waals surface area contributed by atoms with Crippen molar-refractivity contribution in [2.75, 3.05) is 0 Å². The molecule has 8 aromatic heterocycles. The van der Waals surface area contributed by atoms with E-state index < -0.39 is 0 Å². The first-order valence-corrected chi connectivity index (χ1v) is 40.5. The van der Waals surface area contributed by atoms with Gasteiger partial charge in [-0.25, -0.2) is 29.9 Å². The number of thiophene rings is 3. The molecule has 0 aliphatic carbocycles. The average Bonchev–Trinajstić information content (AvgIpc) is 1.57. The van der Waals surface area contributed by atoms with Crippen LogP contribution in [0.15, 0.2) is 368 Å². The third-order valence-electron chi connectivity index (χ3n) is 22.1. The van der Waals surface area contributed by atoms with E-state index in [1.54, 1.807) is 0 Å². The maximum absolute atomic E-state index is 7.03. The molecule has 532 valence electrons. The summed E-state index contributed by atoms with van der Waals surface area (Å²) in [6.45, 7) is 0. The van der Waals surface area contributed by atoms with Gasteiger partial charge in [-0.3, -0.25) is 0 Å². The monoisotopic (exact) mass is 1510 g/mol. The van der Waals surface area contributed by atoms with Crippen LogP contribution in [0.2, 0.25) is 0 Å². The summed E-state index contributed by atoms with van der Waals surface area (Å²) in [7, 11) is 0. The Labute approximate surface area is 664 Å². The Morgan fingerprint density at radius 3 is 1.00 bits per heavy atom. The van der Waals surface area contributed by atoms with Crippen LogP contribution in [-0.4, -0.2) is 39.0 Å². The summed E-state index contributed by atoms with van der Waals surface area (Å²) in [5.74, 6) is 3.77. The van der Waals surface area contributed by atoms with E-state index in [4.69, 9.17) is 34.3 Å². The number of para-hydroxylation sites is 4. The maximum atomic E-state index is 7.03. The second-order valence-corrected chi connectivity index (χ2v) is 31.8. The van der Waals surface area contributed by atoms with Gasteiger partial charge in [0.15, 0.2) is 40.5 Å². The van der Waals surface area contributed by atoms with Crippen LogP contribution >= 0.6 is 34.0 Å². The Morgan fingerprint density at radius 2 is 0.518 bits per heavy atom. The van der Waals surface area contributed by atoms with Crippen molar-refractivity contribution in [2.24, 2.45) is 0 Å². The molecule has 24 rings (SSSR count). The van der Waals surface area contributed by atoms with Crippen molar-refractivity contribution in [3.05, 3.63) is 364 Å². The van der Waals surface area contributed by atoms with Crippen LogP contribution in [0.1, 0.15) is 0 Å². The molecule has 9 nitrogen and oxygen atoms in total. The van der Waals surface area contributed by atoms with E-state index in [-0.39, 0.29) is 0 Å². The molecular formula is C102H60N8OS3. The number of furan rings is 1. The van der Waals surface area contributed by atoms with E-state index in [0.717, 1.165) is 82.4 Å². The number of rotatable bonds is 10. The van der Waals surface area contributed by atoms with E-state index in [2.05, 4.69) is 270 Å². The molecule has 0 atom stereocenters. The van der Waals surface area contributed by atoms with Crippen molar-refractivity contribution in [1.29, 1.82) is 0 Å². The smallest absolute Gasteiger partial charge is 0.167 e. The van der Waals surface area contributed by atoms with Gasteiger partial charge in [0.05, 0.1) is 43.7 Å². The zero-order valence-corrected chi connectivity index (χ0v) is 63.3. The molecule has 12 heteroatoms. The van der Waals surface area contributed by atoms with Crippen molar-refractivity contribution in [3.8, 4) is 102 Å². The quantitative estimate of drug-likeness (QED) is 0.134. The fourth-order valence-corrected chi connectivity index (χ4v) is 20.7. The van der Waals surface area contributed by atoms with E-state index in [1.807, 2.05) is 137 Å². The Balaban J connectivity index is 0.000000135. The van der Waals surface area contributed by atoms with E-state index in [0.29, 0.717) is 34.9 Å². The zero-order valence-electron chi connectivity index (χ0n) is 60.9. The summed E-state index contributed by atoms with van der Waals surface area (Å²) in [6, 6.07) is 129. The molecule has 114 heavy (non-hydrogen) atoms. The van der Waals surface area contributed by atoms with E-state index >= 15 is 0 Å². The van der Waals surface area contributed by atoms with Gasteiger partial charge < -0.3 is 13.6 Å². The largest absolute Gasteiger partial charge is 0.453 e. The predicted molar refractivity (Wildman–Crippen MR) is 478 cm³/mol. The van der Waals surface area contributed by atoms with Gasteiger partial charge >= 0.3 is 0 Å². The van der Waals surface area contributed by atoms with Crippen LogP contribution in [0.5, 0.6) is 0 Å². The lowest BCUT2D eigenvalue weighted by atomic mass is 10.0. The summed E-state index contributed by atoms with van der Waals surface area (Å²) in [4.78, 5) is 30.2. The van der Waals surface area contributed by atoms with Gasteiger partial charge in [0.25, 0.3) is 0 Å². The van der Waals surface area contributed by atoms with Gasteiger partial charge in [-0.1, -0.05) is 291 Å². The Morgan fingerprint density at radius 1 is 0.193 bits per heavy atom. The molecule has 0 aliphatic heterocycles. The highest BCUT2D eigenvalue weighted by atomic mass is 32.1. The van der Waals surface area contributed by atoms with Crippen LogP contribution in [0.4, 0.5) is 0 Å². The molecular weight excluding hydrogens is 1450 g/mol. The van der Waals surface area contributed by atoms with Gasteiger partial charge in [-0.2, -0.15) is 0 Å². The van der Waals surface area contributed by atoms with E-state index in [1.165, 1.54) is 111 Å². The molecule has 0 amide bonds. The molecule has 0 saturated heterocycles. The molecule has 0 aliphatic rings. The number of hydrogen-bond donors (Lipinski definition) is 0. The summed E-state index contributed by atoms with van der Waals surface area (Å²) >= 11 is 5.56. The zero-order chi connectivity index (χ0) is 74.9. The SMILES string of the molecule is c1ccc(-c2nc(-c3ccccc3)nc(-c3cccc4c3oc3c(-n5c6ccccc6c6cc(-c7cccc8c7sc7ccccc78)ccc65)cccc34)n2)cc1.c1ccc(-c2nc(-c3ccccc3)nc(-c3cccc4c3sc3c(-n5c6ccccc6c6cc(-c7cccc8c7sc7ccccc78)ccc65)cccc34)n2)cc1. The fourth-order valence-electron chi connectivity index (χ4n) is 16.9. The first-order valence-electron chi connectivity index (χ1n) is 38.1. The molecule has 0 spiro atoms. The lowest BCUT2D eigenvalue weighted by Crippen LogP contribution is -2.00. The molecule has 0 bridgehead atoms. The fraction of sp³-hybridized carbons (Fsp3) is 0. The third-order valence-corrected chi connectivity index (χ3v) is 25.9. The Hall–Kier alpha value is -14.4. The predicted octanol–water partition coefficient (Wildman–Crippen LogP) is 28.3. The highest BCUT2D eigenvalue weighted by Crippen LogP contribution is 2.49. The van der Waals surface area contributed by atoms with Gasteiger partial charge in [-0.05, 0) is 95.1 Å². The van der Waals surface area contributed by atoms with Crippen molar-refractivity contribution < 1.29 is 4.42 Å². The highest BCUT2D eigenvalue weighted by molar-refractivity contribution is 7.27. The molecule has 0 saturated carbocycles. The number of fused-ring (bicyclic) bond motifs is 18. The minimum atomic E-state index is 0.562. The number of benzene rings is 16. The Bertz CT molecular complexity index is 7410. The Kier molecular flexibility index (Phi) is 15.3. The molecule has 8 heterocycles. The number of nitrogens with zero attached hydrogens (tertiary/aromatic N) is 8. The topological polar surface area (TPSA) is 100 Å². The van der Waals surface area contributed by atoms with Crippen LogP contribution in [0, 0.1) is 0 Å². The van der Waals surface area contributed by atoms with Crippen LogP contribution in [-0.2, 0) is 0 Å². The van der Waals surface area contributed by atoms with Gasteiger partial charge in [0, 0.05) is 116 Å². The lowest BCUT2D eigenvalue weighted by Gasteiger charge is -2.10. The van der Waals surface area contributed by atoms with Gasteiger partial charge in [0.1, 0.15) is 5.58 Å². The molecule has 0 fully saturated rings. The summed E-state index contributed by atoms with van der Waals surface area (Å²) < 4.78 is 19.5. The first kappa shape index (κ1) is 65.5. The minimum Gasteiger partial charge on any atom is -0.453 e. The van der Waals surface area contributed by atoms with Gasteiger partial charge in [0.2, 0.25) is 0 Å². The van der Waals surface area contributed by atoms with Crippen molar-refractivity contribution in [2.45, 2.75) is 0 Å². The van der Waals surface area contributed by atoms with Crippen LogP contribution in [0.3, 0.4) is 0 Å². The standard InChI is InChI=1S/C51H30N4OS.C51H30N4S2/c1-3-14-31(15-4-1)49-52-50(32-16-5-2-6-17-32)54-51(53-49)40-24-12-21-37-38-22-13-26-44(47(38)56-46(37)40)55-42-25-9-7-18-35(42)41-30-33(28-29-43(41)55)34-20-11-23-39-36-19-8-10-27-45(36)57-48(34)39;1-3-14-31(15-4-1)49-52-50(32-16-5-2-6-17-32)54-51(53-49)40-24-12-22-38-39-23-13-26-44(48(39)57-47(38)40)55-42-25-9-7-18-35(42)41-30-33(28-29-43(41)55)34-20-11-21-37-36-19-8-10-27-45(36)56-46(34)37/h2*1-30H. The maximum Gasteiger partial charge on any atom is 0.167 e.